The molecule has 2 saturated heterocycles. The fourth-order valence-corrected chi connectivity index (χ4v) is 2.72. The van der Waals surface area contributed by atoms with E-state index in [0.717, 1.165) is 39.3 Å². The van der Waals surface area contributed by atoms with Crippen molar-refractivity contribution in [2.45, 2.75) is 18.4 Å². The van der Waals surface area contributed by atoms with Crippen LogP contribution in [0.4, 0.5) is 0 Å². The second-order valence-electron chi connectivity index (χ2n) is 4.75. The molecule has 17 heavy (non-hydrogen) atoms. The average Bonchev–Trinajstić information content (AvgIpc) is 2.94. The van der Waals surface area contributed by atoms with Crippen molar-refractivity contribution in [3.8, 4) is 0 Å². The van der Waals surface area contributed by atoms with Gasteiger partial charge in [0.25, 0.3) is 0 Å². The van der Waals surface area contributed by atoms with E-state index >= 15 is 0 Å². The van der Waals surface area contributed by atoms with Gasteiger partial charge in [-0.3, -0.25) is 0 Å². The molecule has 0 spiro atoms. The van der Waals surface area contributed by atoms with Crippen molar-refractivity contribution in [3.63, 3.8) is 0 Å². The van der Waals surface area contributed by atoms with Crippen LogP contribution in [0.25, 0.3) is 0 Å². The lowest BCUT2D eigenvalue weighted by atomic mass is 9.91. The highest BCUT2D eigenvalue weighted by atomic mass is 16.5. The molecular weight excluding hydrogens is 214 g/mol. The molecule has 0 amide bonds. The summed E-state index contributed by atoms with van der Waals surface area (Å²) in [5.41, 5.74) is 2.76. The second kappa shape index (κ2) is 5.17. The predicted octanol–water partition coefficient (Wildman–Crippen LogP) is 1.85. The smallest absolute Gasteiger partial charge is 0.0952 e. The summed E-state index contributed by atoms with van der Waals surface area (Å²) in [5.74, 6) is 0.553. The maximum absolute atomic E-state index is 5.86. The largest absolute Gasteiger partial charge is 0.381 e. The highest BCUT2D eigenvalue weighted by Crippen LogP contribution is 2.32. The van der Waals surface area contributed by atoms with Gasteiger partial charge in [0.05, 0.1) is 19.3 Å². The molecule has 2 heterocycles. The van der Waals surface area contributed by atoms with Gasteiger partial charge in [0.2, 0.25) is 0 Å². The molecule has 0 saturated carbocycles. The molecule has 0 aliphatic carbocycles. The summed E-state index contributed by atoms with van der Waals surface area (Å²) in [4.78, 5) is 0. The molecule has 2 aliphatic heterocycles. The van der Waals surface area contributed by atoms with E-state index in [9.17, 15) is 0 Å². The van der Waals surface area contributed by atoms with E-state index in [4.69, 9.17) is 9.47 Å². The maximum atomic E-state index is 5.86. The van der Waals surface area contributed by atoms with Gasteiger partial charge in [-0.2, -0.15) is 0 Å². The summed E-state index contributed by atoms with van der Waals surface area (Å²) >= 11 is 0. The zero-order chi connectivity index (χ0) is 11.5. The lowest BCUT2D eigenvalue weighted by molar-refractivity contribution is 0.0269. The van der Waals surface area contributed by atoms with Crippen LogP contribution in [0.15, 0.2) is 24.3 Å². The van der Waals surface area contributed by atoms with E-state index < -0.39 is 0 Å². The number of hydrogen-bond acceptors (Lipinski definition) is 3. The first-order valence-electron chi connectivity index (χ1n) is 6.44. The van der Waals surface area contributed by atoms with Crippen LogP contribution in [0, 0.1) is 0 Å². The molecule has 3 nitrogen and oxygen atoms in total. The number of benzene rings is 1. The highest BCUT2D eigenvalue weighted by Gasteiger charge is 2.25. The van der Waals surface area contributed by atoms with Crippen LogP contribution in [0.1, 0.15) is 29.6 Å². The Morgan fingerprint density at radius 1 is 1.12 bits per heavy atom. The molecule has 3 heteroatoms. The molecule has 2 atom stereocenters. The number of rotatable bonds is 2. The number of ether oxygens (including phenoxy) is 2. The zero-order valence-corrected chi connectivity index (χ0v) is 10.0. The van der Waals surface area contributed by atoms with E-state index in [2.05, 4.69) is 29.6 Å². The Hall–Kier alpha value is -0.900. The fourth-order valence-electron chi connectivity index (χ4n) is 2.72. The Morgan fingerprint density at radius 3 is 2.71 bits per heavy atom. The molecule has 3 rings (SSSR count). The molecular formula is C14H19NO2. The van der Waals surface area contributed by atoms with Crippen molar-refractivity contribution in [2.24, 2.45) is 0 Å². The Labute approximate surface area is 102 Å². The third-order valence-electron chi connectivity index (χ3n) is 3.64. The Bertz CT molecular complexity index is 368. The van der Waals surface area contributed by atoms with Crippen molar-refractivity contribution in [1.82, 2.24) is 5.32 Å². The van der Waals surface area contributed by atoms with Crippen molar-refractivity contribution in [2.75, 3.05) is 32.9 Å². The topological polar surface area (TPSA) is 30.5 Å². The van der Waals surface area contributed by atoms with E-state index in [1.807, 2.05) is 0 Å². The molecule has 92 valence electrons. The van der Waals surface area contributed by atoms with E-state index in [0.29, 0.717) is 5.92 Å². The van der Waals surface area contributed by atoms with Crippen molar-refractivity contribution in [1.29, 1.82) is 0 Å². The van der Waals surface area contributed by atoms with Crippen LogP contribution in [-0.4, -0.2) is 32.9 Å². The minimum Gasteiger partial charge on any atom is -0.381 e. The van der Waals surface area contributed by atoms with Gasteiger partial charge < -0.3 is 14.8 Å². The maximum Gasteiger partial charge on any atom is 0.0952 e. The Balaban J connectivity index is 1.86. The molecule has 1 N–H and O–H groups in total. The van der Waals surface area contributed by atoms with Crippen LogP contribution < -0.4 is 5.32 Å². The van der Waals surface area contributed by atoms with Gasteiger partial charge in [-0.05, 0) is 17.5 Å². The van der Waals surface area contributed by atoms with E-state index in [1.54, 1.807) is 0 Å². The van der Waals surface area contributed by atoms with Gasteiger partial charge in [0.15, 0.2) is 0 Å². The average molecular weight is 233 g/mol. The van der Waals surface area contributed by atoms with Crippen LogP contribution in [0.2, 0.25) is 0 Å². The summed E-state index contributed by atoms with van der Waals surface area (Å²) < 4.78 is 11.4. The third kappa shape index (κ3) is 2.37. The molecule has 1 aromatic carbocycles. The molecule has 2 aliphatic rings. The van der Waals surface area contributed by atoms with Crippen LogP contribution in [0.3, 0.4) is 0 Å². The first kappa shape index (κ1) is 11.2. The lowest BCUT2D eigenvalue weighted by Crippen LogP contribution is -2.34. The van der Waals surface area contributed by atoms with Gasteiger partial charge in [-0.25, -0.2) is 0 Å². The highest BCUT2D eigenvalue weighted by molar-refractivity contribution is 5.33. The molecule has 2 fully saturated rings. The minimum atomic E-state index is 0.209. The summed E-state index contributed by atoms with van der Waals surface area (Å²) in [7, 11) is 0. The van der Waals surface area contributed by atoms with Crippen molar-refractivity contribution in [3.05, 3.63) is 35.4 Å². The molecule has 2 unspecified atom stereocenters. The summed E-state index contributed by atoms with van der Waals surface area (Å²) in [6, 6.07) is 8.65. The lowest BCUT2D eigenvalue weighted by Gasteiger charge is -2.27. The Morgan fingerprint density at radius 2 is 2.00 bits per heavy atom. The van der Waals surface area contributed by atoms with Crippen LogP contribution in [0.5, 0.6) is 0 Å². The number of hydrogen-bond donors (Lipinski definition) is 1. The van der Waals surface area contributed by atoms with Gasteiger partial charge in [-0.1, -0.05) is 24.3 Å². The first-order chi connectivity index (χ1) is 8.45. The standard InChI is InChI=1S/C14H19NO2/c1-2-4-13(14-9-15-6-8-17-14)12(3-1)11-5-7-16-10-11/h1-4,11,14-15H,5-10H2. The zero-order valence-electron chi connectivity index (χ0n) is 10.0. The molecule has 0 radical (unpaired) electrons. The van der Waals surface area contributed by atoms with E-state index in [1.165, 1.54) is 11.1 Å². The molecule has 0 bridgehead atoms. The SMILES string of the molecule is c1ccc(C2CNCCO2)c(C2CCOC2)c1. The van der Waals surface area contributed by atoms with Crippen LogP contribution in [-0.2, 0) is 9.47 Å². The Kier molecular flexibility index (Phi) is 3.41. The summed E-state index contributed by atoms with van der Waals surface area (Å²) in [6.07, 6.45) is 1.34. The normalized spacial score (nSPS) is 29.4. The second-order valence-corrected chi connectivity index (χ2v) is 4.75. The van der Waals surface area contributed by atoms with Gasteiger partial charge >= 0.3 is 0 Å². The summed E-state index contributed by atoms with van der Waals surface area (Å²) in [5, 5.41) is 3.39. The number of nitrogens with one attached hydrogen (secondary N) is 1. The molecule has 0 aromatic heterocycles. The predicted molar refractivity (Wildman–Crippen MR) is 66.2 cm³/mol. The van der Waals surface area contributed by atoms with E-state index in [-0.39, 0.29) is 6.10 Å². The van der Waals surface area contributed by atoms with Gasteiger partial charge in [0, 0.05) is 25.6 Å². The summed E-state index contributed by atoms with van der Waals surface area (Å²) in [6.45, 7) is 4.44. The third-order valence-corrected chi connectivity index (χ3v) is 3.64. The molecule has 1 aromatic rings. The number of morpholine rings is 1. The quantitative estimate of drug-likeness (QED) is 0.845. The fraction of sp³-hybridized carbons (Fsp3) is 0.571. The minimum absolute atomic E-state index is 0.209. The monoisotopic (exact) mass is 233 g/mol. The van der Waals surface area contributed by atoms with Gasteiger partial charge in [0.1, 0.15) is 0 Å². The first-order valence-corrected chi connectivity index (χ1v) is 6.44. The van der Waals surface area contributed by atoms with Crippen molar-refractivity contribution >= 4 is 0 Å². The van der Waals surface area contributed by atoms with Crippen LogP contribution >= 0.6 is 0 Å². The van der Waals surface area contributed by atoms with Crippen molar-refractivity contribution < 1.29 is 9.47 Å². The van der Waals surface area contributed by atoms with Gasteiger partial charge in [-0.15, -0.1) is 0 Å².